The average Bonchev–Trinajstić information content (AvgIpc) is 2.25. The van der Waals surface area contributed by atoms with Gasteiger partial charge in [-0.05, 0) is 19.9 Å². The number of halogens is 3. The van der Waals surface area contributed by atoms with E-state index in [9.17, 15) is 18.0 Å². The minimum absolute atomic E-state index is 0.0906. The highest BCUT2D eigenvalue weighted by Gasteiger charge is 2.29. The molecular weight excluding hydrogens is 247 g/mol. The van der Waals surface area contributed by atoms with Crippen LogP contribution in [0.2, 0.25) is 0 Å². The van der Waals surface area contributed by atoms with Gasteiger partial charge in [-0.15, -0.1) is 0 Å². The van der Waals surface area contributed by atoms with Crippen LogP contribution in [0, 0.1) is 17.5 Å². The van der Waals surface area contributed by atoms with Crippen molar-refractivity contribution in [2.24, 2.45) is 5.73 Å². The molecule has 6 heteroatoms. The van der Waals surface area contributed by atoms with E-state index in [1.165, 1.54) is 6.92 Å². The summed E-state index contributed by atoms with van der Waals surface area (Å²) < 4.78 is 44.2. The van der Waals surface area contributed by atoms with Crippen molar-refractivity contribution >= 4 is 5.97 Å². The zero-order chi connectivity index (χ0) is 13.9. The van der Waals surface area contributed by atoms with Crippen LogP contribution in [0.25, 0.3) is 0 Å². The summed E-state index contributed by atoms with van der Waals surface area (Å²) in [6.45, 7) is 3.13. The highest BCUT2D eigenvalue weighted by molar-refractivity contribution is 5.79. The van der Waals surface area contributed by atoms with Crippen LogP contribution in [0.5, 0.6) is 0 Å². The largest absolute Gasteiger partial charge is 0.465 e. The van der Waals surface area contributed by atoms with Gasteiger partial charge in [0.05, 0.1) is 12.5 Å². The number of nitrogens with two attached hydrogens (primary N) is 1. The van der Waals surface area contributed by atoms with Crippen LogP contribution in [0.4, 0.5) is 13.2 Å². The number of carbonyl (C=O) groups excluding carboxylic acids is 1. The highest BCUT2D eigenvalue weighted by atomic mass is 19.2. The van der Waals surface area contributed by atoms with Gasteiger partial charge >= 0.3 is 5.97 Å². The summed E-state index contributed by atoms with van der Waals surface area (Å²) in [7, 11) is 0. The van der Waals surface area contributed by atoms with Crippen molar-refractivity contribution in [3.05, 3.63) is 35.1 Å². The predicted molar refractivity (Wildman–Crippen MR) is 59.3 cm³/mol. The van der Waals surface area contributed by atoms with Gasteiger partial charge in [0.1, 0.15) is 5.82 Å². The fourth-order valence-electron chi connectivity index (χ4n) is 1.63. The maximum absolute atomic E-state index is 13.6. The molecule has 0 spiro atoms. The van der Waals surface area contributed by atoms with E-state index in [4.69, 9.17) is 10.5 Å². The van der Waals surface area contributed by atoms with Gasteiger partial charge in [0.2, 0.25) is 0 Å². The summed E-state index contributed by atoms with van der Waals surface area (Å²) in [5, 5.41) is 0. The third kappa shape index (κ3) is 3.01. The van der Waals surface area contributed by atoms with Crippen LogP contribution in [0.3, 0.4) is 0 Å². The van der Waals surface area contributed by atoms with Crippen LogP contribution in [-0.2, 0) is 9.53 Å². The van der Waals surface area contributed by atoms with Crippen molar-refractivity contribution < 1.29 is 22.7 Å². The van der Waals surface area contributed by atoms with E-state index in [-0.39, 0.29) is 12.2 Å². The standard InChI is InChI=1S/C12H14F3NO2/c1-3-18-12(17)11(6(2)16)7-4-9(14)10(15)5-8(7)13/h4-6,11H,3,16H2,1-2H3/t6?,11-/m0/s1. The molecule has 0 fully saturated rings. The third-order valence-electron chi connectivity index (χ3n) is 2.44. The molecule has 0 aliphatic heterocycles. The summed E-state index contributed by atoms with van der Waals surface area (Å²) in [5.41, 5.74) is 5.27. The minimum Gasteiger partial charge on any atom is -0.465 e. The van der Waals surface area contributed by atoms with Crippen LogP contribution >= 0.6 is 0 Å². The minimum atomic E-state index is -1.32. The van der Waals surface area contributed by atoms with Crippen molar-refractivity contribution in [1.82, 2.24) is 0 Å². The average molecular weight is 261 g/mol. The molecule has 0 heterocycles. The molecule has 1 rings (SSSR count). The number of carbonyl (C=O) groups is 1. The second-order valence-electron chi connectivity index (χ2n) is 3.88. The number of hydrogen-bond donors (Lipinski definition) is 1. The van der Waals surface area contributed by atoms with Gasteiger partial charge in [-0.2, -0.15) is 0 Å². The molecule has 1 aromatic carbocycles. The number of esters is 1. The molecule has 0 aliphatic carbocycles. The lowest BCUT2D eigenvalue weighted by Gasteiger charge is -2.20. The van der Waals surface area contributed by atoms with Gasteiger partial charge in [-0.3, -0.25) is 4.79 Å². The van der Waals surface area contributed by atoms with Crippen molar-refractivity contribution in [3.8, 4) is 0 Å². The van der Waals surface area contributed by atoms with Gasteiger partial charge in [-0.25, -0.2) is 13.2 Å². The molecule has 0 aliphatic rings. The van der Waals surface area contributed by atoms with Crippen molar-refractivity contribution in [1.29, 1.82) is 0 Å². The maximum Gasteiger partial charge on any atom is 0.315 e. The first kappa shape index (κ1) is 14.5. The Kier molecular flexibility index (Phi) is 4.72. The zero-order valence-electron chi connectivity index (χ0n) is 10.0. The fourth-order valence-corrected chi connectivity index (χ4v) is 1.63. The monoisotopic (exact) mass is 261 g/mol. The molecule has 0 amide bonds. The molecule has 0 saturated carbocycles. The molecule has 100 valence electrons. The maximum atomic E-state index is 13.6. The van der Waals surface area contributed by atoms with Crippen LogP contribution in [0.15, 0.2) is 12.1 Å². The van der Waals surface area contributed by atoms with Crippen molar-refractivity contribution in [3.63, 3.8) is 0 Å². The van der Waals surface area contributed by atoms with Crippen molar-refractivity contribution in [2.45, 2.75) is 25.8 Å². The second kappa shape index (κ2) is 5.86. The Balaban J connectivity index is 3.22. The van der Waals surface area contributed by atoms with Crippen LogP contribution in [0.1, 0.15) is 25.3 Å². The molecule has 3 nitrogen and oxygen atoms in total. The first-order chi connectivity index (χ1) is 8.38. The Labute approximate surface area is 103 Å². The molecule has 2 N–H and O–H groups in total. The summed E-state index contributed by atoms with van der Waals surface area (Å²) in [6.07, 6.45) is 0. The molecule has 0 bridgehead atoms. The number of rotatable bonds is 4. The highest BCUT2D eigenvalue weighted by Crippen LogP contribution is 2.25. The molecule has 1 aromatic rings. The van der Waals surface area contributed by atoms with E-state index >= 15 is 0 Å². The summed E-state index contributed by atoms with van der Waals surface area (Å²) in [4.78, 5) is 11.6. The van der Waals surface area contributed by atoms with E-state index in [1.807, 2.05) is 0 Å². The Hall–Kier alpha value is -1.56. The van der Waals surface area contributed by atoms with E-state index < -0.39 is 35.4 Å². The van der Waals surface area contributed by atoms with E-state index in [0.717, 1.165) is 0 Å². The van der Waals surface area contributed by atoms with Gasteiger partial charge < -0.3 is 10.5 Å². The number of hydrogen-bond acceptors (Lipinski definition) is 3. The quantitative estimate of drug-likeness (QED) is 0.667. The van der Waals surface area contributed by atoms with E-state index in [0.29, 0.717) is 12.1 Å². The third-order valence-corrected chi connectivity index (χ3v) is 2.44. The molecule has 2 atom stereocenters. The van der Waals surface area contributed by atoms with E-state index in [1.54, 1.807) is 6.92 Å². The van der Waals surface area contributed by atoms with Crippen LogP contribution in [-0.4, -0.2) is 18.6 Å². The van der Waals surface area contributed by atoms with Gasteiger partial charge in [-0.1, -0.05) is 0 Å². The summed E-state index contributed by atoms with van der Waals surface area (Å²) in [5.74, 6) is -5.51. The van der Waals surface area contributed by atoms with Gasteiger partial charge in [0.15, 0.2) is 11.6 Å². The Bertz CT molecular complexity index is 449. The lowest BCUT2D eigenvalue weighted by molar-refractivity contribution is -0.145. The first-order valence-electron chi connectivity index (χ1n) is 5.45. The molecule has 0 saturated heterocycles. The Morgan fingerprint density at radius 2 is 1.83 bits per heavy atom. The second-order valence-corrected chi connectivity index (χ2v) is 3.88. The van der Waals surface area contributed by atoms with Gasteiger partial charge in [0, 0.05) is 17.7 Å². The topological polar surface area (TPSA) is 52.3 Å². The number of benzene rings is 1. The SMILES string of the molecule is CCOC(=O)[C@H](c1cc(F)c(F)cc1F)C(C)N. The Morgan fingerprint density at radius 3 is 2.33 bits per heavy atom. The lowest BCUT2D eigenvalue weighted by Crippen LogP contribution is -2.33. The Morgan fingerprint density at radius 1 is 1.28 bits per heavy atom. The van der Waals surface area contributed by atoms with Crippen LogP contribution < -0.4 is 5.73 Å². The molecule has 18 heavy (non-hydrogen) atoms. The molecule has 1 unspecified atom stereocenters. The van der Waals surface area contributed by atoms with E-state index in [2.05, 4.69) is 0 Å². The lowest BCUT2D eigenvalue weighted by atomic mass is 9.92. The molecule has 0 radical (unpaired) electrons. The summed E-state index contributed by atoms with van der Waals surface area (Å²) in [6, 6.07) is 0.234. The zero-order valence-corrected chi connectivity index (χ0v) is 10.0. The summed E-state index contributed by atoms with van der Waals surface area (Å²) >= 11 is 0. The molecule has 0 aromatic heterocycles. The first-order valence-corrected chi connectivity index (χ1v) is 5.45. The predicted octanol–water partition coefficient (Wildman–Crippen LogP) is 2.10. The van der Waals surface area contributed by atoms with Gasteiger partial charge in [0.25, 0.3) is 0 Å². The fraction of sp³-hybridized carbons (Fsp3) is 0.417. The normalized spacial score (nSPS) is 14.1. The number of ether oxygens (including phenoxy) is 1. The smallest absolute Gasteiger partial charge is 0.315 e. The van der Waals surface area contributed by atoms with Crippen molar-refractivity contribution in [2.75, 3.05) is 6.61 Å². The molecular formula is C12H14F3NO2.